The van der Waals surface area contributed by atoms with Gasteiger partial charge in [0.2, 0.25) is 17.8 Å². The average Bonchev–Trinajstić information content (AvgIpc) is 3.48. The highest BCUT2D eigenvalue weighted by molar-refractivity contribution is 6.07. The molecule has 33 heavy (non-hydrogen) atoms. The lowest BCUT2D eigenvalue weighted by Gasteiger charge is -2.29. The maximum Gasteiger partial charge on any atom is 0.258 e. The van der Waals surface area contributed by atoms with Crippen LogP contribution in [0.2, 0.25) is 0 Å². The van der Waals surface area contributed by atoms with Crippen molar-refractivity contribution in [2.24, 2.45) is 0 Å². The highest BCUT2D eigenvalue weighted by atomic mass is 16.2. The number of amides is 4. The molecule has 2 fully saturated rings. The number of aromatic nitrogens is 4. The monoisotopic (exact) mass is 445 g/mol. The number of hydrogen-bond acceptors (Lipinski definition) is 7. The average molecular weight is 445 g/mol. The molecule has 1 saturated carbocycles. The van der Waals surface area contributed by atoms with E-state index in [9.17, 15) is 19.2 Å². The maximum absolute atomic E-state index is 12.9. The van der Waals surface area contributed by atoms with E-state index in [2.05, 4.69) is 25.7 Å². The fourth-order valence-corrected chi connectivity index (χ4v) is 4.37. The van der Waals surface area contributed by atoms with Crippen LogP contribution in [0.15, 0.2) is 30.6 Å². The van der Waals surface area contributed by atoms with Crippen LogP contribution in [0.5, 0.6) is 0 Å². The molecule has 0 bridgehead atoms. The number of fused-ring (bicyclic) bond motifs is 2. The largest absolute Gasteiger partial charge is 0.322 e. The lowest BCUT2D eigenvalue weighted by atomic mass is 10.0. The van der Waals surface area contributed by atoms with Gasteiger partial charge in [-0.25, -0.2) is 9.67 Å². The van der Waals surface area contributed by atoms with Crippen molar-refractivity contribution in [2.75, 3.05) is 5.32 Å². The number of imide groups is 1. The first kappa shape index (κ1) is 19.5. The second-order valence-electron chi connectivity index (χ2n) is 8.52. The minimum absolute atomic E-state index is 0.177. The highest BCUT2D eigenvalue weighted by Crippen LogP contribution is 2.36. The van der Waals surface area contributed by atoms with E-state index in [0.717, 1.165) is 18.2 Å². The zero-order valence-corrected chi connectivity index (χ0v) is 17.4. The molecule has 2 aliphatic heterocycles. The van der Waals surface area contributed by atoms with Gasteiger partial charge in [0.05, 0.1) is 17.6 Å². The molecule has 1 atom stereocenters. The summed E-state index contributed by atoms with van der Waals surface area (Å²) in [6.45, 7) is 0.199. The summed E-state index contributed by atoms with van der Waals surface area (Å²) in [4.78, 5) is 59.4. The molecule has 2 N–H and O–H groups in total. The molecular weight excluding hydrogens is 426 g/mol. The standard InChI is InChI=1S/C22H19N7O4/c30-17-6-5-16(20(32)25-17)28-10-12-7-11(1-4-15(12)21(28)33)19(31)27-22-23-8-13-9-24-29(14-2-3-14)18(13)26-22/h1,4,7-9,14,16H,2-3,5-6,10H2,(H,25,30,32)(H,23,26,27,31). The first-order chi connectivity index (χ1) is 16.0. The lowest BCUT2D eigenvalue weighted by molar-refractivity contribution is -0.136. The van der Waals surface area contributed by atoms with Crippen molar-refractivity contribution in [3.8, 4) is 0 Å². The van der Waals surface area contributed by atoms with E-state index in [1.165, 1.54) is 4.90 Å². The van der Waals surface area contributed by atoms with Crippen LogP contribution in [0, 0.1) is 0 Å². The van der Waals surface area contributed by atoms with Crippen molar-refractivity contribution >= 4 is 40.6 Å². The Morgan fingerprint density at radius 1 is 1.12 bits per heavy atom. The van der Waals surface area contributed by atoms with Crippen LogP contribution < -0.4 is 10.6 Å². The first-order valence-corrected chi connectivity index (χ1v) is 10.8. The van der Waals surface area contributed by atoms with Gasteiger partial charge in [0.25, 0.3) is 11.8 Å². The normalized spacial score (nSPS) is 20.2. The summed E-state index contributed by atoms with van der Waals surface area (Å²) in [6.07, 6.45) is 5.94. The minimum atomic E-state index is -0.698. The van der Waals surface area contributed by atoms with Gasteiger partial charge in [0.1, 0.15) is 6.04 Å². The summed E-state index contributed by atoms with van der Waals surface area (Å²) in [5, 5.41) is 10.2. The molecule has 1 unspecified atom stereocenters. The molecule has 1 saturated heterocycles. The topological polar surface area (TPSA) is 139 Å². The SMILES string of the molecule is O=C1CCC(N2Cc3cc(C(=O)Nc4ncc5cnn(C6CC6)c5n4)ccc3C2=O)C(=O)N1. The number of nitrogens with one attached hydrogen (secondary N) is 2. The maximum atomic E-state index is 12.9. The molecule has 0 spiro atoms. The fraction of sp³-hybridized carbons (Fsp3) is 0.318. The van der Waals surface area contributed by atoms with Gasteiger partial charge in [-0.3, -0.25) is 29.8 Å². The molecule has 4 heterocycles. The Morgan fingerprint density at radius 2 is 1.97 bits per heavy atom. The number of piperidine rings is 1. The second kappa shape index (κ2) is 7.19. The van der Waals surface area contributed by atoms with E-state index >= 15 is 0 Å². The quantitative estimate of drug-likeness (QED) is 0.575. The zero-order chi connectivity index (χ0) is 22.7. The van der Waals surface area contributed by atoms with Gasteiger partial charge >= 0.3 is 0 Å². The van der Waals surface area contributed by atoms with Gasteiger partial charge in [0.15, 0.2) is 5.65 Å². The van der Waals surface area contributed by atoms with E-state index in [1.807, 2.05) is 4.68 Å². The number of carbonyl (C=O) groups is 4. The molecular formula is C22H19N7O4. The smallest absolute Gasteiger partial charge is 0.258 e. The Kier molecular flexibility index (Phi) is 4.25. The van der Waals surface area contributed by atoms with Gasteiger partial charge in [-0.15, -0.1) is 0 Å². The fourth-order valence-electron chi connectivity index (χ4n) is 4.37. The van der Waals surface area contributed by atoms with Gasteiger partial charge < -0.3 is 4.90 Å². The third kappa shape index (κ3) is 3.32. The van der Waals surface area contributed by atoms with Crippen LogP contribution in [0.3, 0.4) is 0 Å². The summed E-state index contributed by atoms with van der Waals surface area (Å²) in [6, 6.07) is 4.44. The molecule has 4 amide bonds. The number of hydrogen-bond donors (Lipinski definition) is 2. The van der Waals surface area contributed by atoms with E-state index in [4.69, 9.17) is 0 Å². The molecule has 1 aliphatic carbocycles. The summed E-state index contributed by atoms with van der Waals surface area (Å²) in [5.41, 5.74) is 2.14. The van der Waals surface area contributed by atoms with Crippen molar-refractivity contribution in [2.45, 2.75) is 44.3 Å². The number of carbonyl (C=O) groups excluding carboxylic acids is 4. The van der Waals surface area contributed by atoms with Crippen LogP contribution >= 0.6 is 0 Å². The molecule has 11 heteroatoms. The second-order valence-corrected chi connectivity index (χ2v) is 8.52. The Morgan fingerprint density at radius 3 is 2.76 bits per heavy atom. The number of anilines is 1. The van der Waals surface area contributed by atoms with Crippen molar-refractivity contribution in [1.29, 1.82) is 0 Å². The van der Waals surface area contributed by atoms with Crippen molar-refractivity contribution in [3.63, 3.8) is 0 Å². The van der Waals surface area contributed by atoms with Crippen LogP contribution in [-0.2, 0) is 16.1 Å². The highest BCUT2D eigenvalue weighted by Gasteiger charge is 2.39. The molecule has 11 nitrogen and oxygen atoms in total. The summed E-state index contributed by atoms with van der Waals surface area (Å²) in [7, 11) is 0. The van der Waals surface area contributed by atoms with E-state index in [-0.39, 0.29) is 37.1 Å². The van der Waals surface area contributed by atoms with Crippen LogP contribution in [-0.4, -0.2) is 54.3 Å². The molecule has 166 valence electrons. The van der Waals surface area contributed by atoms with Gasteiger partial charge in [-0.05, 0) is 43.0 Å². The van der Waals surface area contributed by atoms with Crippen LogP contribution in [0.4, 0.5) is 5.95 Å². The minimum Gasteiger partial charge on any atom is -0.322 e. The van der Waals surface area contributed by atoms with Gasteiger partial charge in [-0.2, -0.15) is 10.1 Å². The van der Waals surface area contributed by atoms with E-state index in [1.54, 1.807) is 30.6 Å². The summed E-state index contributed by atoms with van der Waals surface area (Å²) < 4.78 is 1.86. The first-order valence-electron chi connectivity index (χ1n) is 10.8. The Balaban J connectivity index is 1.21. The molecule has 6 rings (SSSR count). The third-order valence-corrected chi connectivity index (χ3v) is 6.24. The number of benzene rings is 1. The Hall–Kier alpha value is -4.15. The van der Waals surface area contributed by atoms with Crippen LogP contribution in [0.25, 0.3) is 11.0 Å². The van der Waals surface area contributed by atoms with Crippen molar-refractivity contribution < 1.29 is 19.2 Å². The number of rotatable bonds is 4. The van der Waals surface area contributed by atoms with Crippen molar-refractivity contribution in [1.82, 2.24) is 30.0 Å². The zero-order valence-electron chi connectivity index (χ0n) is 17.4. The Bertz CT molecular complexity index is 1360. The lowest BCUT2D eigenvalue weighted by Crippen LogP contribution is -2.52. The molecule has 3 aliphatic rings. The van der Waals surface area contributed by atoms with E-state index in [0.29, 0.717) is 28.4 Å². The molecule has 2 aromatic heterocycles. The Labute approximate surface area is 187 Å². The summed E-state index contributed by atoms with van der Waals surface area (Å²) in [5.74, 6) is -1.31. The van der Waals surface area contributed by atoms with Crippen molar-refractivity contribution in [3.05, 3.63) is 47.3 Å². The van der Waals surface area contributed by atoms with Gasteiger partial charge in [0, 0.05) is 30.3 Å². The predicted molar refractivity (Wildman–Crippen MR) is 114 cm³/mol. The molecule has 3 aromatic rings. The number of nitrogens with zero attached hydrogens (tertiary/aromatic N) is 5. The summed E-state index contributed by atoms with van der Waals surface area (Å²) >= 11 is 0. The predicted octanol–water partition coefficient (Wildman–Crippen LogP) is 1.17. The van der Waals surface area contributed by atoms with E-state index < -0.39 is 17.9 Å². The van der Waals surface area contributed by atoms with Crippen LogP contribution in [0.1, 0.15) is 58.0 Å². The van der Waals surface area contributed by atoms with Gasteiger partial charge in [-0.1, -0.05) is 0 Å². The molecule has 0 radical (unpaired) electrons. The third-order valence-electron chi connectivity index (χ3n) is 6.24. The molecule has 1 aromatic carbocycles.